The normalized spacial score (nSPS) is 0. The standard InChI is InChI=1S/4Ag.2ClH/h;;;;2*1H/q;;2*+1;;/p-2. The van der Waals surface area contributed by atoms with Gasteiger partial charge in [0.05, 0.1) is 0 Å². The van der Waals surface area contributed by atoms with E-state index in [1.807, 2.05) is 0 Å². The van der Waals surface area contributed by atoms with E-state index in [9.17, 15) is 0 Å². The van der Waals surface area contributed by atoms with Crippen LogP contribution >= 0.6 is 0 Å². The van der Waals surface area contributed by atoms with Crippen LogP contribution in [0.25, 0.3) is 0 Å². The Bertz CT molecular complexity index is 5.51. The predicted octanol–water partition coefficient (Wildman–Crippen LogP) is -6.00. The average Bonchev–Trinajstić information content (AvgIpc) is 0. The van der Waals surface area contributed by atoms with Crippen LogP contribution in [0.15, 0.2) is 0 Å². The molecule has 0 aliphatic heterocycles. The maximum atomic E-state index is 0. The molecule has 0 aliphatic rings. The largest absolute Gasteiger partial charge is 1.00 e. The first-order chi connectivity index (χ1) is 0. The van der Waals surface area contributed by atoms with Gasteiger partial charge in [0, 0.05) is 44.8 Å². The van der Waals surface area contributed by atoms with Gasteiger partial charge in [-0.05, 0) is 0 Å². The fourth-order valence-corrected chi connectivity index (χ4v) is 0. The quantitative estimate of drug-likeness (QED) is 0.290. The molecule has 0 rings (SSSR count). The summed E-state index contributed by atoms with van der Waals surface area (Å²) in [5, 5.41) is 0. The topological polar surface area (TPSA) is 0 Å². The van der Waals surface area contributed by atoms with E-state index in [-0.39, 0.29) is 114 Å². The molecule has 0 bridgehead atoms. The molecule has 0 aromatic heterocycles. The van der Waals surface area contributed by atoms with Crippen LogP contribution in [0, 0.1) is 0 Å². The van der Waals surface area contributed by atoms with Gasteiger partial charge in [0.1, 0.15) is 0 Å². The number of rotatable bonds is 0. The first-order valence-corrected chi connectivity index (χ1v) is 0. The number of halogens is 2. The Kier molecular flexibility index (Phi) is 358. The summed E-state index contributed by atoms with van der Waals surface area (Å²) in [4.78, 5) is 0. The molecule has 58 valence electrons. The van der Waals surface area contributed by atoms with Crippen molar-refractivity contribution in [1.82, 2.24) is 0 Å². The summed E-state index contributed by atoms with van der Waals surface area (Å²) in [6, 6.07) is 0. The Balaban J connectivity index is 0. The molecule has 0 saturated heterocycles. The molecule has 2 radical (unpaired) electrons. The van der Waals surface area contributed by atoms with Crippen LogP contribution in [0.2, 0.25) is 0 Å². The molecule has 0 heterocycles. The van der Waals surface area contributed by atoms with Crippen molar-refractivity contribution in [3.63, 3.8) is 0 Å². The van der Waals surface area contributed by atoms with E-state index in [2.05, 4.69) is 0 Å². The van der Waals surface area contributed by atoms with E-state index in [0.717, 1.165) is 0 Å². The molecular formula is Ag4Cl2. The van der Waals surface area contributed by atoms with Crippen LogP contribution in [0.1, 0.15) is 0 Å². The van der Waals surface area contributed by atoms with Crippen LogP contribution in [0.5, 0.6) is 0 Å². The second-order valence-corrected chi connectivity index (χ2v) is 0. The van der Waals surface area contributed by atoms with E-state index < -0.39 is 0 Å². The van der Waals surface area contributed by atoms with Gasteiger partial charge in [0.25, 0.3) is 0 Å². The van der Waals surface area contributed by atoms with Crippen molar-refractivity contribution in [2.45, 2.75) is 0 Å². The maximum Gasteiger partial charge on any atom is 1.00 e. The van der Waals surface area contributed by atoms with Gasteiger partial charge >= 0.3 is 44.8 Å². The van der Waals surface area contributed by atoms with Gasteiger partial charge < -0.3 is 24.8 Å². The minimum absolute atomic E-state index is 0. The van der Waals surface area contributed by atoms with E-state index in [1.165, 1.54) is 0 Å². The monoisotopic (exact) mass is 498 g/mol. The summed E-state index contributed by atoms with van der Waals surface area (Å²) < 4.78 is 0. The molecule has 6 heteroatoms. The molecule has 0 atom stereocenters. The van der Waals surface area contributed by atoms with E-state index in [4.69, 9.17) is 0 Å². The molecule has 6 heavy (non-hydrogen) atoms. The van der Waals surface area contributed by atoms with Crippen LogP contribution in [0.4, 0.5) is 0 Å². The fourth-order valence-electron chi connectivity index (χ4n) is 0. The van der Waals surface area contributed by atoms with Crippen molar-refractivity contribution in [2.75, 3.05) is 0 Å². The third kappa shape index (κ3) is 25.7. The summed E-state index contributed by atoms with van der Waals surface area (Å²) in [5.41, 5.74) is 0. The minimum atomic E-state index is 0. The molecule has 0 fully saturated rings. The summed E-state index contributed by atoms with van der Waals surface area (Å²) in [6.45, 7) is 0. The third-order valence-electron chi connectivity index (χ3n) is 0. The number of hydrogen-bond acceptors (Lipinski definition) is 0. The van der Waals surface area contributed by atoms with Crippen molar-refractivity contribution < 1.29 is 114 Å². The smallest absolute Gasteiger partial charge is 1.00 e. The Labute approximate surface area is 112 Å². The van der Waals surface area contributed by atoms with Gasteiger partial charge in [-0.1, -0.05) is 0 Å². The zero-order valence-corrected chi connectivity index (χ0v) is 9.40. The second kappa shape index (κ2) is 38.7. The van der Waals surface area contributed by atoms with Crippen molar-refractivity contribution in [3.8, 4) is 0 Å². The van der Waals surface area contributed by atoms with Crippen LogP contribution in [0.3, 0.4) is 0 Å². The van der Waals surface area contributed by atoms with Crippen molar-refractivity contribution in [2.24, 2.45) is 0 Å². The van der Waals surface area contributed by atoms with Gasteiger partial charge in [-0.3, -0.25) is 0 Å². The molecule has 0 spiro atoms. The summed E-state index contributed by atoms with van der Waals surface area (Å²) in [6.07, 6.45) is 0. The molecule has 0 saturated carbocycles. The zero-order chi connectivity index (χ0) is 0. The Hall–Kier alpha value is 3.54. The maximum absolute atomic E-state index is 0. The molecule has 0 nitrogen and oxygen atoms in total. The summed E-state index contributed by atoms with van der Waals surface area (Å²) >= 11 is 0. The van der Waals surface area contributed by atoms with Gasteiger partial charge in [-0.15, -0.1) is 0 Å². The Morgan fingerprint density at radius 1 is 0.500 bits per heavy atom. The fraction of sp³-hybridized carbons (Fsp3) is 0. The summed E-state index contributed by atoms with van der Waals surface area (Å²) in [5.74, 6) is 0. The Morgan fingerprint density at radius 3 is 0.500 bits per heavy atom. The third-order valence-corrected chi connectivity index (χ3v) is 0. The van der Waals surface area contributed by atoms with E-state index in [1.54, 1.807) is 0 Å². The van der Waals surface area contributed by atoms with Gasteiger partial charge in [0.15, 0.2) is 0 Å². The minimum Gasteiger partial charge on any atom is -1.00 e. The Morgan fingerprint density at radius 2 is 0.500 bits per heavy atom. The van der Waals surface area contributed by atoms with Crippen LogP contribution in [-0.4, -0.2) is 0 Å². The van der Waals surface area contributed by atoms with Gasteiger partial charge in [-0.2, -0.15) is 0 Å². The van der Waals surface area contributed by atoms with Crippen molar-refractivity contribution in [3.05, 3.63) is 0 Å². The van der Waals surface area contributed by atoms with Gasteiger partial charge in [-0.25, -0.2) is 0 Å². The molecule has 0 unspecified atom stereocenters. The SMILES string of the molecule is [Ag+].[Ag+].[Ag].[Ag].[Cl-].[Cl-]. The van der Waals surface area contributed by atoms with Gasteiger partial charge in [0.2, 0.25) is 0 Å². The summed E-state index contributed by atoms with van der Waals surface area (Å²) in [7, 11) is 0. The molecule has 0 aromatic rings. The van der Waals surface area contributed by atoms with Crippen molar-refractivity contribution >= 4 is 0 Å². The first-order valence-electron chi connectivity index (χ1n) is 0. The number of hydrogen-bond donors (Lipinski definition) is 0. The molecule has 0 aromatic carbocycles. The van der Waals surface area contributed by atoms with Crippen LogP contribution < -0.4 is 24.8 Å². The average molecular weight is 502 g/mol. The molecule has 0 aliphatic carbocycles. The van der Waals surface area contributed by atoms with Crippen molar-refractivity contribution in [1.29, 1.82) is 0 Å². The molecular weight excluding hydrogens is 502 g/mol. The predicted molar refractivity (Wildman–Crippen MR) is 0 cm³/mol. The van der Waals surface area contributed by atoms with E-state index in [0.29, 0.717) is 0 Å². The first kappa shape index (κ1) is 55.5. The van der Waals surface area contributed by atoms with E-state index >= 15 is 0 Å². The zero-order valence-electron chi connectivity index (χ0n) is 1.96. The molecule has 0 amide bonds. The van der Waals surface area contributed by atoms with Crippen LogP contribution in [-0.2, 0) is 89.5 Å². The molecule has 0 N–H and O–H groups in total. The second-order valence-electron chi connectivity index (χ2n) is 0.